The molecule has 5 heteroatoms. The van der Waals surface area contributed by atoms with Crippen LogP contribution in [0.2, 0.25) is 0 Å². The fraction of sp³-hybridized carbons (Fsp3) is 0.300. The summed E-state index contributed by atoms with van der Waals surface area (Å²) in [5.41, 5.74) is 2.78. The van der Waals surface area contributed by atoms with Crippen molar-refractivity contribution in [3.63, 3.8) is 0 Å². The molecule has 130 valence electrons. The van der Waals surface area contributed by atoms with Crippen molar-refractivity contribution in [2.45, 2.75) is 26.3 Å². The maximum atomic E-state index is 12.1. The third-order valence-corrected chi connectivity index (χ3v) is 3.92. The molecule has 2 aromatic carbocycles. The van der Waals surface area contributed by atoms with Crippen molar-refractivity contribution in [2.24, 2.45) is 0 Å². The van der Waals surface area contributed by atoms with Gasteiger partial charge in [-0.2, -0.15) is 5.26 Å². The Morgan fingerprint density at radius 3 is 2.52 bits per heavy atom. The first-order valence-electron chi connectivity index (χ1n) is 8.16. The molecule has 1 atom stereocenters. The van der Waals surface area contributed by atoms with E-state index in [0.29, 0.717) is 17.1 Å². The second kappa shape index (κ2) is 8.74. The summed E-state index contributed by atoms with van der Waals surface area (Å²) in [5.74, 6) is 0.630. The normalized spacial score (nSPS) is 11.3. The Bertz CT molecular complexity index is 764. The molecule has 0 saturated heterocycles. The van der Waals surface area contributed by atoms with E-state index in [4.69, 9.17) is 14.7 Å². The molecule has 2 aromatic rings. The van der Waals surface area contributed by atoms with Gasteiger partial charge in [0, 0.05) is 6.07 Å². The molecule has 1 N–H and O–H groups in total. The van der Waals surface area contributed by atoms with Gasteiger partial charge in [-0.1, -0.05) is 31.2 Å². The Morgan fingerprint density at radius 1 is 1.20 bits per heavy atom. The quantitative estimate of drug-likeness (QED) is 0.840. The van der Waals surface area contributed by atoms with Crippen molar-refractivity contribution in [2.75, 3.05) is 13.7 Å². The van der Waals surface area contributed by atoms with Gasteiger partial charge in [-0.05, 0) is 36.6 Å². The average Bonchev–Trinajstić information content (AvgIpc) is 2.66. The van der Waals surface area contributed by atoms with Crippen LogP contribution in [-0.4, -0.2) is 19.6 Å². The summed E-state index contributed by atoms with van der Waals surface area (Å²) in [4.78, 5) is 12.1. The number of nitrogens with one attached hydrogen (secondary N) is 1. The van der Waals surface area contributed by atoms with Crippen molar-refractivity contribution in [3.8, 4) is 17.6 Å². The zero-order valence-electron chi connectivity index (χ0n) is 14.7. The number of hydrogen-bond acceptors (Lipinski definition) is 4. The van der Waals surface area contributed by atoms with E-state index in [0.717, 1.165) is 12.0 Å². The number of rotatable bonds is 7. The largest absolute Gasteiger partial charge is 0.493 e. The number of nitrogens with zero attached hydrogens (tertiary/aromatic N) is 1. The average molecular weight is 338 g/mol. The summed E-state index contributed by atoms with van der Waals surface area (Å²) < 4.78 is 10.7. The van der Waals surface area contributed by atoms with Crippen molar-refractivity contribution in [3.05, 3.63) is 59.2 Å². The van der Waals surface area contributed by atoms with Crippen molar-refractivity contribution in [1.82, 2.24) is 5.32 Å². The highest BCUT2D eigenvalue weighted by atomic mass is 16.5. The van der Waals surface area contributed by atoms with Crippen LogP contribution in [0.1, 0.15) is 36.6 Å². The minimum Gasteiger partial charge on any atom is -0.493 e. The smallest absolute Gasteiger partial charge is 0.258 e. The number of carbonyl (C=O) groups excluding carboxylic acids is 1. The van der Waals surface area contributed by atoms with Crippen molar-refractivity contribution < 1.29 is 14.3 Å². The molecule has 0 heterocycles. The third kappa shape index (κ3) is 4.98. The van der Waals surface area contributed by atoms with Gasteiger partial charge in [-0.3, -0.25) is 4.79 Å². The minimum atomic E-state index is -0.224. The summed E-state index contributed by atoms with van der Waals surface area (Å²) >= 11 is 0. The van der Waals surface area contributed by atoms with Crippen LogP contribution in [0, 0.1) is 11.3 Å². The molecule has 0 aromatic heterocycles. The lowest BCUT2D eigenvalue weighted by molar-refractivity contribution is -0.123. The van der Waals surface area contributed by atoms with Gasteiger partial charge in [0.25, 0.3) is 5.91 Å². The Kier molecular flexibility index (Phi) is 6.41. The molecule has 0 fully saturated rings. The summed E-state index contributed by atoms with van der Waals surface area (Å²) in [7, 11) is 1.49. The Morgan fingerprint density at radius 2 is 1.92 bits per heavy atom. The molecule has 0 spiro atoms. The van der Waals surface area contributed by atoms with Crippen LogP contribution >= 0.6 is 0 Å². The van der Waals surface area contributed by atoms with Crippen LogP contribution in [-0.2, 0) is 11.2 Å². The number of ether oxygens (including phenoxy) is 2. The van der Waals surface area contributed by atoms with Gasteiger partial charge in [-0.25, -0.2) is 0 Å². The topological polar surface area (TPSA) is 71.3 Å². The lowest BCUT2D eigenvalue weighted by Crippen LogP contribution is -2.31. The standard InChI is InChI=1S/C20H22N2O3/c1-4-15-5-8-17(9-6-15)14(2)22-20(23)13-25-18-10-7-16(12-21)11-19(18)24-3/h5-11,14H,4,13H2,1-3H3,(H,22,23). The third-order valence-electron chi connectivity index (χ3n) is 3.92. The van der Waals surface area contributed by atoms with Crippen LogP contribution in [0.3, 0.4) is 0 Å². The number of amides is 1. The number of benzene rings is 2. The lowest BCUT2D eigenvalue weighted by atomic mass is 10.1. The molecule has 0 aliphatic heterocycles. The molecule has 1 amide bonds. The molecule has 5 nitrogen and oxygen atoms in total. The van der Waals surface area contributed by atoms with Crippen LogP contribution in [0.25, 0.3) is 0 Å². The predicted molar refractivity (Wildman–Crippen MR) is 95.6 cm³/mol. The second-order valence-electron chi connectivity index (χ2n) is 5.65. The summed E-state index contributed by atoms with van der Waals surface area (Å²) in [6.07, 6.45) is 0.987. The first-order chi connectivity index (χ1) is 12.1. The zero-order chi connectivity index (χ0) is 18.2. The molecule has 2 rings (SSSR count). The molecule has 0 aliphatic rings. The number of hydrogen-bond donors (Lipinski definition) is 1. The molecule has 0 radical (unpaired) electrons. The van der Waals surface area contributed by atoms with Crippen molar-refractivity contribution in [1.29, 1.82) is 5.26 Å². The number of nitriles is 1. The minimum absolute atomic E-state index is 0.107. The van der Waals surface area contributed by atoms with E-state index in [1.807, 2.05) is 25.1 Å². The molecule has 0 aliphatic carbocycles. The molecule has 1 unspecified atom stereocenters. The van der Waals surface area contributed by atoms with Gasteiger partial charge in [0.2, 0.25) is 0 Å². The van der Waals surface area contributed by atoms with Gasteiger partial charge >= 0.3 is 0 Å². The molecule has 0 bridgehead atoms. The monoisotopic (exact) mass is 338 g/mol. The first kappa shape index (κ1) is 18.3. The van der Waals surface area contributed by atoms with Gasteiger partial charge in [-0.15, -0.1) is 0 Å². The number of methoxy groups -OCH3 is 1. The summed E-state index contributed by atoms with van der Waals surface area (Å²) in [6, 6.07) is 14.9. The molecule has 0 saturated carbocycles. The Balaban J connectivity index is 1.93. The molecular weight excluding hydrogens is 316 g/mol. The van der Waals surface area contributed by atoms with Gasteiger partial charge in [0.05, 0.1) is 24.8 Å². The summed E-state index contributed by atoms with van der Waals surface area (Å²) in [5, 5.41) is 11.8. The van der Waals surface area contributed by atoms with Crippen LogP contribution in [0.15, 0.2) is 42.5 Å². The van der Waals surface area contributed by atoms with Crippen LogP contribution < -0.4 is 14.8 Å². The highest BCUT2D eigenvalue weighted by molar-refractivity contribution is 5.78. The van der Waals surface area contributed by atoms with Crippen molar-refractivity contribution >= 4 is 5.91 Å². The van der Waals surface area contributed by atoms with E-state index < -0.39 is 0 Å². The number of carbonyl (C=O) groups is 1. The van der Waals surface area contributed by atoms with E-state index >= 15 is 0 Å². The van der Waals surface area contributed by atoms with E-state index in [1.165, 1.54) is 12.7 Å². The zero-order valence-corrected chi connectivity index (χ0v) is 14.7. The van der Waals surface area contributed by atoms with Crippen LogP contribution in [0.5, 0.6) is 11.5 Å². The maximum Gasteiger partial charge on any atom is 0.258 e. The van der Waals surface area contributed by atoms with E-state index in [2.05, 4.69) is 24.4 Å². The SMILES string of the molecule is CCc1ccc(C(C)NC(=O)COc2ccc(C#N)cc2OC)cc1. The summed E-state index contributed by atoms with van der Waals surface area (Å²) in [6.45, 7) is 3.91. The molecular formula is C20H22N2O3. The Labute approximate surface area is 148 Å². The maximum absolute atomic E-state index is 12.1. The fourth-order valence-electron chi connectivity index (χ4n) is 2.41. The van der Waals surface area contributed by atoms with E-state index in [-0.39, 0.29) is 18.6 Å². The highest BCUT2D eigenvalue weighted by Crippen LogP contribution is 2.27. The second-order valence-corrected chi connectivity index (χ2v) is 5.65. The predicted octanol–water partition coefficient (Wildman–Crippen LogP) is 3.39. The Hall–Kier alpha value is -3.00. The fourth-order valence-corrected chi connectivity index (χ4v) is 2.41. The lowest BCUT2D eigenvalue weighted by Gasteiger charge is -2.16. The first-order valence-corrected chi connectivity index (χ1v) is 8.16. The van der Waals surface area contributed by atoms with Gasteiger partial charge in [0.1, 0.15) is 0 Å². The van der Waals surface area contributed by atoms with Gasteiger partial charge < -0.3 is 14.8 Å². The van der Waals surface area contributed by atoms with Gasteiger partial charge in [0.15, 0.2) is 18.1 Å². The van der Waals surface area contributed by atoms with Crippen LogP contribution in [0.4, 0.5) is 0 Å². The highest BCUT2D eigenvalue weighted by Gasteiger charge is 2.12. The van der Waals surface area contributed by atoms with E-state index in [9.17, 15) is 4.79 Å². The molecule has 25 heavy (non-hydrogen) atoms. The number of aryl methyl sites for hydroxylation is 1. The van der Waals surface area contributed by atoms with E-state index in [1.54, 1.807) is 18.2 Å².